The van der Waals surface area contributed by atoms with Crippen molar-refractivity contribution in [3.63, 3.8) is 0 Å². The predicted octanol–water partition coefficient (Wildman–Crippen LogP) is 3.26. The van der Waals surface area contributed by atoms with Gasteiger partial charge in [0.2, 0.25) is 0 Å². The van der Waals surface area contributed by atoms with Crippen molar-refractivity contribution in [3.05, 3.63) is 46.6 Å². The summed E-state index contributed by atoms with van der Waals surface area (Å²) in [6.45, 7) is 5.36. The van der Waals surface area contributed by atoms with Crippen LogP contribution < -0.4 is 16.1 Å². The number of rotatable bonds is 7. The lowest BCUT2D eigenvalue weighted by Gasteiger charge is -2.23. The molecule has 4 N–H and O–H groups in total. The van der Waals surface area contributed by atoms with Crippen LogP contribution in [0, 0.1) is 0 Å². The fourth-order valence-electron chi connectivity index (χ4n) is 2.78. The lowest BCUT2D eigenvalue weighted by atomic mass is 9.95. The summed E-state index contributed by atoms with van der Waals surface area (Å²) in [5, 5.41) is 17.6. The van der Waals surface area contributed by atoms with Crippen LogP contribution >= 0.6 is 23.2 Å². The summed E-state index contributed by atoms with van der Waals surface area (Å²) >= 11 is 12.1. The van der Waals surface area contributed by atoms with Gasteiger partial charge >= 0.3 is 0 Å². The average molecular weight is 443 g/mol. The molecule has 1 fully saturated rings. The molecule has 1 aromatic carbocycles. The fraction of sp³-hybridized carbons (Fsp3) is 0.450. The number of nitrogens with one attached hydrogen (secondary N) is 3. The van der Waals surface area contributed by atoms with Crippen LogP contribution in [0.1, 0.15) is 49.4 Å². The SMILES string of the molecule is C=CN/N=C(\CNC(=O)c1c(Cl)cccc1Cl)C(=O)NC1CCCCC1.CCO. The number of aliphatic hydroxyl groups is 1. The van der Waals surface area contributed by atoms with Crippen molar-refractivity contribution in [1.82, 2.24) is 16.1 Å². The maximum Gasteiger partial charge on any atom is 0.269 e. The lowest BCUT2D eigenvalue weighted by Crippen LogP contribution is -2.44. The van der Waals surface area contributed by atoms with E-state index in [1.165, 1.54) is 12.6 Å². The average Bonchev–Trinajstić information content (AvgIpc) is 2.69. The van der Waals surface area contributed by atoms with Crippen LogP contribution in [0.5, 0.6) is 0 Å². The number of hydrogen-bond donors (Lipinski definition) is 4. The van der Waals surface area contributed by atoms with Gasteiger partial charge in [-0.25, -0.2) is 0 Å². The van der Waals surface area contributed by atoms with E-state index in [0.29, 0.717) is 0 Å². The van der Waals surface area contributed by atoms with Crippen LogP contribution in [0.2, 0.25) is 10.0 Å². The van der Waals surface area contributed by atoms with Crippen molar-refractivity contribution < 1.29 is 14.7 Å². The first-order valence-corrected chi connectivity index (χ1v) is 10.3. The Morgan fingerprint density at radius 2 is 1.83 bits per heavy atom. The number of hydrogen-bond acceptors (Lipinski definition) is 5. The molecule has 1 aliphatic carbocycles. The van der Waals surface area contributed by atoms with E-state index in [2.05, 4.69) is 27.7 Å². The molecule has 0 saturated heterocycles. The van der Waals surface area contributed by atoms with Crippen LogP contribution in [0.25, 0.3) is 0 Å². The molecule has 160 valence electrons. The Labute approximate surface area is 181 Å². The van der Waals surface area contributed by atoms with Gasteiger partial charge in [0.1, 0.15) is 5.71 Å². The van der Waals surface area contributed by atoms with Crippen LogP contribution in [-0.2, 0) is 4.79 Å². The number of carbonyl (C=O) groups is 2. The third kappa shape index (κ3) is 8.85. The Kier molecular flexibility index (Phi) is 12.0. The second kappa shape index (κ2) is 14.0. The normalized spacial score (nSPS) is 14.3. The van der Waals surface area contributed by atoms with Crippen LogP contribution in [-0.4, -0.2) is 41.8 Å². The molecule has 2 amide bonds. The number of carbonyl (C=O) groups excluding carboxylic acids is 2. The second-order valence-electron chi connectivity index (χ2n) is 6.30. The largest absolute Gasteiger partial charge is 0.397 e. The second-order valence-corrected chi connectivity index (χ2v) is 7.11. The summed E-state index contributed by atoms with van der Waals surface area (Å²) < 4.78 is 0. The molecule has 0 bridgehead atoms. The molecule has 1 aromatic rings. The van der Waals surface area contributed by atoms with E-state index in [-0.39, 0.29) is 46.4 Å². The molecule has 9 heteroatoms. The molecule has 0 spiro atoms. The molecule has 1 saturated carbocycles. The highest BCUT2D eigenvalue weighted by Crippen LogP contribution is 2.23. The van der Waals surface area contributed by atoms with Gasteiger partial charge in [-0.3, -0.25) is 15.0 Å². The smallest absolute Gasteiger partial charge is 0.269 e. The first kappa shape index (κ1) is 24.9. The van der Waals surface area contributed by atoms with Gasteiger partial charge in [0.15, 0.2) is 0 Å². The maximum absolute atomic E-state index is 12.5. The van der Waals surface area contributed by atoms with Gasteiger partial charge in [-0.05, 0) is 31.9 Å². The van der Waals surface area contributed by atoms with Gasteiger partial charge in [-0.2, -0.15) is 5.10 Å². The Morgan fingerprint density at radius 3 is 2.38 bits per heavy atom. The first-order valence-electron chi connectivity index (χ1n) is 9.51. The maximum atomic E-state index is 12.5. The zero-order chi connectivity index (χ0) is 21.6. The minimum Gasteiger partial charge on any atom is -0.397 e. The van der Waals surface area contributed by atoms with E-state index < -0.39 is 5.91 Å². The van der Waals surface area contributed by atoms with E-state index in [1.54, 1.807) is 25.1 Å². The Bertz CT molecular complexity index is 699. The third-order valence-electron chi connectivity index (χ3n) is 4.10. The first-order chi connectivity index (χ1) is 13.9. The summed E-state index contributed by atoms with van der Waals surface area (Å²) in [5.74, 6) is -0.797. The standard InChI is InChI=1S/C18H22Cl2N4O2.C2H6O/c1-2-22-24-15(17(25)23-12-7-4-3-5-8-12)11-21-18(26)16-13(19)9-6-10-14(16)20;1-2-3/h2,6,9-10,12,22H,1,3-5,7-8,11H2,(H,21,26)(H,23,25);3H,2H2,1H3/b24-15+;. The molecular weight excluding hydrogens is 415 g/mol. The zero-order valence-corrected chi connectivity index (χ0v) is 18.0. The highest BCUT2D eigenvalue weighted by atomic mass is 35.5. The summed E-state index contributed by atoms with van der Waals surface area (Å²) in [7, 11) is 0. The number of benzene rings is 1. The number of halogens is 2. The number of nitrogens with zero attached hydrogens (tertiary/aromatic N) is 1. The number of amides is 2. The van der Waals surface area contributed by atoms with Crippen molar-refractivity contribution in [2.75, 3.05) is 13.2 Å². The fourth-order valence-corrected chi connectivity index (χ4v) is 3.35. The molecule has 0 aromatic heterocycles. The van der Waals surface area contributed by atoms with Crippen LogP contribution in [0.4, 0.5) is 0 Å². The molecule has 1 aliphatic rings. The van der Waals surface area contributed by atoms with Gasteiger partial charge in [-0.1, -0.05) is 55.1 Å². The molecular formula is C20H28Cl2N4O3. The molecule has 0 aliphatic heterocycles. The van der Waals surface area contributed by atoms with Crippen molar-refractivity contribution in [1.29, 1.82) is 0 Å². The van der Waals surface area contributed by atoms with E-state index in [1.807, 2.05) is 0 Å². The van der Waals surface area contributed by atoms with Crippen molar-refractivity contribution in [2.24, 2.45) is 5.10 Å². The molecule has 0 heterocycles. The molecule has 0 unspecified atom stereocenters. The predicted molar refractivity (Wildman–Crippen MR) is 117 cm³/mol. The van der Waals surface area contributed by atoms with E-state index in [0.717, 1.165) is 25.7 Å². The summed E-state index contributed by atoms with van der Waals surface area (Å²) in [6.07, 6.45) is 6.65. The van der Waals surface area contributed by atoms with Gasteiger partial charge in [0.05, 0.1) is 22.2 Å². The number of aliphatic hydroxyl groups excluding tert-OH is 1. The molecule has 0 atom stereocenters. The quantitative estimate of drug-likeness (QED) is 0.384. The van der Waals surface area contributed by atoms with Crippen LogP contribution in [0.15, 0.2) is 36.1 Å². The monoisotopic (exact) mass is 442 g/mol. The van der Waals surface area contributed by atoms with Crippen molar-refractivity contribution >= 4 is 40.7 Å². The van der Waals surface area contributed by atoms with E-state index in [9.17, 15) is 9.59 Å². The summed E-state index contributed by atoms with van der Waals surface area (Å²) in [4.78, 5) is 24.9. The van der Waals surface area contributed by atoms with Crippen LogP contribution in [0.3, 0.4) is 0 Å². The Morgan fingerprint density at radius 1 is 1.24 bits per heavy atom. The number of hydrazone groups is 1. The lowest BCUT2D eigenvalue weighted by molar-refractivity contribution is -0.115. The topological polar surface area (TPSA) is 103 Å². The van der Waals surface area contributed by atoms with Gasteiger partial charge in [0, 0.05) is 18.8 Å². The third-order valence-corrected chi connectivity index (χ3v) is 4.73. The molecule has 7 nitrogen and oxygen atoms in total. The van der Waals surface area contributed by atoms with Gasteiger partial charge < -0.3 is 15.7 Å². The minimum absolute atomic E-state index is 0.0697. The zero-order valence-electron chi connectivity index (χ0n) is 16.5. The molecule has 0 radical (unpaired) electrons. The Hall–Kier alpha value is -2.09. The van der Waals surface area contributed by atoms with Crippen molar-refractivity contribution in [3.8, 4) is 0 Å². The summed E-state index contributed by atoms with van der Waals surface area (Å²) in [6, 6.07) is 4.94. The highest BCUT2D eigenvalue weighted by Gasteiger charge is 2.21. The van der Waals surface area contributed by atoms with E-state index in [4.69, 9.17) is 28.3 Å². The van der Waals surface area contributed by atoms with Gasteiger partial charge in [0.25, 0.3) is 11.8 Å². The van der Waals surface area contributed by atoms with Crippen molar-refractivity contribution in [2.45, 2.75) is 45.1 Å². The van der Waals surface area contributed by atoms with Gasteiger partial charge in [-0.15, -0.1) is 0 Å². The molecule has 29 heavy (non-hydrogen) atoms. The molecule has 2 rings (SSSR count). The Balaban J connectivity index is 0.00000132. The van der Waals surface area contributed by atoms with E-state index >= 15 is 0 Å². The summed E-state index contributed by atoms with van der Waals surface area (Å²) in [5.41, 5.74) is 2.85. The highest BCUT2D eigenvalue weighted by molar-refractivity contribution is 6.41. The minimum atomic E-state index is -0.475.